The average Bonchev–Trinajstić information content (AvgIpc) is 3.22. The van der Waals surface area contributed by atoms with E-state index < -0.39 is 11.6 Å². The van der Waals surface area contributed by atoms with Gasteiger partial charge in [-0.15, -0.1) is 0 Å². The Hall–Kier alpha value is -2.24. The number of H-pyrrole nitrogens is 1. The molecule has 0 aliphatic heterocycles. The maximum Gasteiger partial charge on any atom is 0.158 e. The topological polar surface area (TPSA) is 70.3 Å². The zero-order valence-corrected chi connectivity index (χ0v) is 20.6. The van der Waals surface area contributed by atoms with Crippen LogP contribution in [0.25, 0.3) is 33.7 Å². The number of rotatable bonds is 2. The number of aromatic amines is 1. The van der Waals surface area contributed by atoms with Gasteiger partial charge in [0.1, 0.15) is 34.5 Å². The van der Waals surface area contributed by atoms with E-state index in [-0.39, 0.29) is 45.6 Å². The van der Waals surface area contributed by atoms with Crippen LogP contribution < -0.4 is 0 Å². The van der Waals surface area contributed by atoms with E-state index in [2.05, 4.69) is 21.1 Å². The molecule has 1 radical (unpaired) electrons. The second-order valence-corrected chi connectivity index (χ2v) is 8.50. The molecular formula is C22H18ClF2N5Na. The summed E-state index contributed by atoms with van der Waals surface area (Å²) in [7, 11) is 1.74. The van der Waals surface area contributed by atoms with Crippen molar-refractivity contribution >= 4 is 52.2 Å². The summed E-state index contributed by atoms with van der Waals surface area (Å²) in [4.78, 5) is 7.67. The Bertz CT molecular complexity index is 1320. The van der Waals surface area contributed by atoms with Crippen molar-refractivity contribution in [3.05, 3.63) is 58.2 Å². The summed E-state index contributed by atoms with van der Waals surface area (Å²) in [6, 6.07) is 8.98. The van der Waals surface area contributed by atoms with Crippen LogP contribution in [0.4, 0.5) is 8.78 Å². The molecule has 0 atom stereocenters. The summed E-state index contributed by atoms with van der Waals surface area (Å²) in [6.07, 6.45) is 0. The van der Waals surface area contributed by atoms with Crippen LogP contribution in [0.15, 0.2) is 30.3 Å². The molecule has 0 bridgehead atoms. The van der Waals surface area contributed by atoms with Gasteiger partial charge in [0.2, 0.25) is 0 Å². The Balaban J connectivity index is 0.00000272. The first-order chi connectivity index (χ1) is 14.1. The van der Waals surface area contributed by atoms with E-state index in [0.29, 0.717) is 39.4 Å². The first kappa shape index (κ1) is 23.4. The summed E-state index contributed by atoms with van der Waals surface area (Å²) < 4.78 is 30.1. The van der Waals surface area contributed by atoms with Crippen molar-refractivity contribution in [3.8, 4) is 28.7 Å². The third-order valence-electron chi connectivity index (χ3n) is 4.89. The molecule has 0 saturated heterocycles. The number of nitrogens with zero attached hydrogens (tertiary/aromatic N) is 4. The number of halogens is 3. The number of benzene rings is 2. The second kappa shape index (κ2) is 8.36. The molecule has 0 unspecified atom stereocenters. The Morgan fingerprint density at radius 1 is 1.16 bits per heavy atom. The van der Waals surface area contributed by atoms with Crippen LogP contribution in [0.5, 0.6) is 0 Å². The summed E-state index contributed by atoms with van der Waals surface area (Å²) in [5.74, 6) is -0.961. The van der Waals surface area contributed by atoms with Gasteiger partial charge in [0.05, 0.1) is 21.8 Å². The van der Waals surface area contributed by atoms with Gasteiger partial charge in [-0.25, -0.2) is 13.8 Å². The molecule has 2 aromatic heterocycles. The molecule has 153 valence electrons. The Morgan fingerprint density at radius 2 is 1.81 bits per heavy atom. The number of hydrogen-bond donors (Lipinski definition) is 1. The van der Waals surface area contributed by atoms with Crippen LogP contribution in [0.3, 0.4) is 0 Å². The van der Waals surface area contributed by atoms with Crippen molar-refractivity contribution in [2.75, 3.05) is 0 Å². The first-order valence-electron chi connectivity index (χ1n) is 9.23. The third-order valence-corrected chi connectivity index (χ3v) is 5.17. The zero-order chi connectivity index (χ0) is 21.8. The van der Waals surface area contributed by atoms with Crippen LogP contribution in [0, 0.1) is 23.0 Å². The minimum absolute atomic E-state index is 0. The molecule has 2 aromatic carbocycles. The van der Waals surface area contributed by atoms with Gasteiger partial charge in [0.25, 0.3) is 0 Å². The van der Waals surface area contributed by atoms with Crippen molar-refractivity contribution in [3.63, 3.8) is 0 Å². The van der Waals surface area contributed by atoms with Crippen LogP contribution in [-0.4, -0.2) is 49.3 Å². The molecule has 1 N–H and O–H groups in total. The van der Waals surface area contributed by atoms with Gasteiger partial charge in [-0.1, -0.05) is 38.4 Å². The standard InChI is InChI=1S/C22H18ClF2N5.Na/c1-22(2,3)20-12(10-26)19(30(4)29-20)21-27-16-9-11(8-13(23)18(16)28-21)17-14(24)6-5-7-15(17)25;/h5-9H,1-4H3,(H,27,28);. The number of aromatic nitrogens is 4. The summed E-state index contributed by atoms with van der Waals surface area (Å²) in [6.45, 7) is 5.93. The Labute approximate surface area is 205 Å². The molecule has 0 aliphatic carbocycles. The van der Waals surface area contributed by atoms with E-state index in [1.54, 1.807) is 17.8 Å². The quantitative estimate of drug-likeness (QED) is 0.420. The molecule has 4 aromatic rings. The fraction of sp³-hybridized carbons (Fsp3) is 0.227. The molecule has 31 heavy (non-hydrogen) atoms. The van der Waals surface area contributed by atoms with Crippen LogP contribution in [-0.2, 0) is 12.5 Å². The van der Waals surface area contributed by atoms with Crippen LogP contribution in [0.1, 0.15) is 32.0 Å². The van der Waals surface area contributed by atoms with E-state index in [1.165, 1.54) is 24.3 Å². The summed E-state index contributed by atoms with van der Waals surface area (Å²) in [5.41, 5.74) is 2.33. The number of imidazole rings is 1. The van der Waals surface area contributed by atoms with Crippen molar-refractivity contribution < 1.29 is 8.78 Å². The Kier molecular flexibility index (Phi) is 6.32. The van der Waals surface area contributed by atoms with Crippen molar-refractivity contribution in [2.24, 2.45) is 7.05 Å². The number of hydrogen-bond acceptors (Lipinski definition) is 3. The Morgan fingerprint density at radius 3 is 2.39 bits per heavy atom. The summed E-state index contributed by atoms with van der Waals surface area (Å²) in [5, 5.41) is 14.5. The van der Waals surface area contributed by atoms with Gasteiger partial charge in [0, 0.05) is 42.0 Å². The normalized spacial score (nSPS) is 11.4. The first-order valence-corrected chi connectivity index (χ1v) is 9.61. The monoisotopic (exact) mass is 448 g/mol. The molecule has 4 rings (SSSR count). The fourth-order valence-electron chi connectivity index (χ4n) is 3.53. The van der Waals surface area contributed by atoms with Crippen molar-refractivity contribution in [1.82, 2.24) is 19.7 Å². The largest absolute Gasteiger partial charge is 0.337 e. The molecule has 0 spiro atoms. The van der Waals surface area contributed by atoms with Crippen LogP contribution in [0.2, 0.25) is 5.02 Å². The number of nitrogens with one attached hydrogen (secondary N) is 1. The fourth-order valence-corrected chi connectivity index (χ4v) is 3.79. The van der Waals surface area contributed by atoms with Gasteiger partial charge in [-0.05, 0) is 29.8 Å². The number of aryl methyl sites for hydroxylation is 1. The van der Waals surface area contributed by atoms with Gasteiger partial charge in [-0.2, -0.15) is 10.4 Å². The van der Waals surface area contributed by atoms with Crippen molar-refractivity contribution in [1.29, 1.82) is 5.26 Å². The molecule has 0 aliphatic rings. The van der Waals surface area contributed by atoms with Gasteiger partial charge >= 0.3 is 0 Å². The van der Waals surface area contributed by atoms with Gasteiger partial charge in [-0.3, -0.25) is 4.68 Å². The minimum Gasteiger partial charge on any atom is -0.337 e. The zero-order valence-electron chi connectivity index (χ0n) is 17.8. The predicted octanol–water partition coefficient (Wildman–Crippen LogP) is 5.35. The summed E-state index contributed by atoms with van der Waals surface area (Å²) >= 11 is 6.39. The average molecular weight is 449 g/mol. The van der Waals surface area contributed by atoms with E-state index >= 15 is 0 Å². The maximum atomic E-state index is 14.2. The van der Waals surface area contributed by atoms with E-state index in [9.17, 15) is 14.0 Å². The molecule has 0 fully saturated rings. The van der Waals surface area contributed by atoms with Crippen LogP contribution >= 0.6 is 11.6 Å². The maximum absolute atomic E-state index is 14.2. The van der Waals surface area contributed by atoms with Gasteiger partial charge < -0.3 is 4.98 Å². The second-order valence-electron chi connectivity index (χ2n) is 8.09. The van der Waals surface area contributed by atoms with E-state index in [0.717, 1.165) is 0 Å². The number of nitriles is 1. The number of fused-ring (bicyclic) bond motifs is 1. The molecular weight excluding hydrogens is 431 g/mol. The third kappa shape index (κ3) is 4.01. The van der Waals surface area contributed by atoms with Gasteiger partial charge in [0.15, 0.2) is 5.82 Å². The molecule has 0 saturated carbocycles. The SMILES string of the molecule is Cn1nc(C(C)(C)C)c(C#N)c1-c1nc2c(Cl)cc(-c3c(F)cccc3F)cc2[nH]1.[Na]. The minimum atomic E-state index is -0.682. The van der Waals surface area contributed by atoms with E-state index in [1.807, 2.05) is 20.8 Å². The molecule has 5 nitrogen and oxygen atoms in total. The molecule has 9 heteroatoms. The molecule has 0 amide bonds. The van der Waals surface area contributed by atoms with E-state index in [4.69, 9.17) is 11.6 Å². The molecule has 2 heterocycles. The predicted molar refractivity (Wildman–Crippen MR) is 118 cm³/mol. The van der Waals surface area contributed by atoms with Crippen molar-refractivity contribution in [2.45, 2.75) is 26.2 Å². The smallest absolute Gasteiger partial charge is 0.158 e.